The van der Waals surface area contributed by atoms with E-state index in [1.54, 1.807) is 0 Å². The van der Waals surface area contributed by atoms with Crippen LogP contribution in [0.3, 0.4) is 0 Å². The highest BCUT2D eigenvalue weighted by Crippen LogP contribution is 2.37. The van der Waals surface area contributed by atoms with Crippen molar-refractivity contribution < 1.29 is 14.3 Å². The summed E-state index contributed by atoms with van der Waals surface area (Å²) in [6, 6.07) is 14.5. The van der Waals surface area contributed by atoms with E-state index in [-0.39, 0.29) is 18.7 Å². The van der Waals surface area contributed by atoms with Crippen molar-refractivity contribution in [2.75, 3.05) is 6.79 Å². The summed E-state index contributed by atoms with van der Waals surface area (Å²) in [7, 11) is 0. The summed E-state index contributed by atoms with van der Waals surface area (Å²) in [5.74, 6) is 1.69. The van der Waals surface area contributed by atoms with Gasteiger partial charge < -0.3 is 14.4 Å². The molecule has 6 rings (SSSR count). The van der Waals surface area contributed by atoms with Crippen LogP contribution in [0.4, 0.5) is 0 Å². The van der Waals surface area contributed by atoms with Crippen LogP contribution in [-0.2, 0) is 12.8 Å². The SMILES string of the molecule is O=C(c1ccc(-c2ccc3c(c2)OCO3)cc1)N(C1CC1)C1CCc2[nH]ncc2C1. The van der Waals surface area contributed by atoms with Crippen LogP contribution in [0, 0.1) is 0 Å². The smallest absolute Gasteiger partial charge is 0.254 e. The van der Waals surface area contributed by atoms with Gasteiger partial charge in [0, 0.05) is 23.3 Å². The van der Waals surface area contributed by atoms with Gasteiger partial charge in [-0.05, 0) is 73.1 Å². The van der Waals surface area contributed by atoms with Crippen molar-refractivity contribution in [3.8, 4) is 22.6 Å². The Balaban J connectivity index is 1.24. The topological polar surface area (TPSA) is 67.5 Å². The maximum Gasteiger partial charge on any atom is 0.254 e. The third kappa shape index (κ3) is 3.03. The van der Waals surface area contributed by atoms with Crippen molar-refractivity contribution in [2.45, 2.75) is 44.2 Å². The summed E-state index contributed by atoms with van der Waals surface area (Å²) in [6.07, 6.45) is 6.97. The van der Waals surface area contributed by atoms with Crippen LogP contribution in [0.1, 0.15) is 40.9 Å². The molecule has 1 aromatic heterocycles. The number of nitrogens with one attached hydrogen (secondary N) is 1. The fourth-order valence-electron chi connectivity index (χ4n) is 4.65. The first-order valence-electron chi connectivity index (χ1n) is 10.6. The number of fused-ring (bicyclic) bond motifs is 2. The van der Waals surface area contributed by atoms with Crippen molar-refractivity contribution >= 4 is 5.91 Å². The lowest BCUT2D eigenvalue weighted by molar-refractivity contribution is 0.0643. The number of amides is 1. The number of hydrogen-bond donors (Lipinski definition) is 1. The van der Waals surface area contributed by atoms with Gasteiger partial charge in [0.1, 0.15) is 0 Å². The van der Waals surface area contributed by atoms with Crippen molar-refractivity contribution in [2.24, 2.45) is 0 Å². The minimum atomic E-state index is 0.145. The molecule has 0 radical (unpaired) electrons. The number of H-pyrrole nitrogens is 1. The standard InChI is InChI=1S/C24H23N3O3/c28-24(27(19-6-7-19)20-8-9-21-18(11-20)13-25-26-21)16-3-1-15(2-4-16)17-5-10-22-23(12-17)30-14-29-22/h1-5,10,12-13,19-20H,6-9,11,14H2,(H,25,26). The zero-order valence-electron chi connectivity index (χ0n) is 16.6. The Labute approximate surface area is 174 Å². The van der Waals surface area contributed by atoms with Crippen molar-refractivity contribution in [3.05, 3.63) is 65.5 Å². The van der Waals surface area contributed by atoms with Gasteiger partial charge in [0.05, 0.1) is 6.20 Å². The summed E-state index contributed by atoms with van der Waals surface area (Å²) in [4.78, 5) is 15.6. The van der Waals surface area contributed by atoms with E-state index in [1.807, 2.05) is 48.7 Å². The summed E-state index contributed by atoms with van der Waals surface area (Å²) < 4.78 is 10.9. The molecule has 3 aromatic rings. The minimum absolute atomic E-state index is 0.145. The number of benzene rings is 2. The Kier molecular flexibility index (Phi) is 4.04. The molecule has 0 spiro atoms. The molecular formula is C24H23N3O3. The Morgan fingerprint density at radius 1 is 0.967 bits per heavy atom. The molecule has 2 aliphatic carbocycles. The molecule has 2 aromatic carbocycles. The summed E-state index contributed by atoms with van der Waals surface area (Å²) >= 11 is 0. The van der Waals surface area contributed by atoms with Crippen molar-refractivity contribution in [1.82, 2.24) is 15.1 Å². The third-order valence-corrected chi connectivity index (χ3v) is 6.40. The van der Waals surface area contributed by atoms with E-state index in [2.05, 4.69) is 15.1 Å². The largest absolute Gasteiger partial charge is 0.454 e. The maximum absolute atomic E-state index is 13.4. The van der Waals surface area contributed by atoms with E-state index in [0.29, 0.717) is 6.04 Å². The Morgan fingerprint density at radius 2 is 1.77 bits per heavy atom. The van der Waals surface area contributed by atoms with Gasteiger partial charge in [-0.3, -0.25) is 9.89 Å². The molecule has 1 N–H and O–H groups in total. The van der Waals surface area contributed by atoms with E-state index in [9.17, 15) is 4.79 Å². The quantitative estimate of drug-likeness (QED) is 0.718. The number of rotatable bonds is 4. The molecule has 3 aliphatic rings. The molecule has 1 amide bonds. The van der Waals surface area contributed by atoms with Gasteiger partial charge in [-0.1, -0.05) is 18.2 Å². The van der Waals surface area contributed by atoms with Crippen LogP contribution in [-0.4, -0.2) is 39.9 Å². The van der Waals surface area contributed by atoms with Gasteiger partial charge in [0.15, 0.2) is 11.5 Å². The Bertz CT molecular complexity index is 1100. The number of carbonyl (C=O) groups is 1. The van der Waals surface area contributed by atoms with Crippen molar-refractivity contribution in [1.29, 1.82) is 0 Å². The first kappa shape index (κ1) is 17.6. The molecular weight excluding hydrogens is 378 g/mol. The number of aryl methyl sites for hydroxylation is 1. The fraction of sp³-hybridized carbons (Fsp3) is 0.333. The lowest BCUT2D eigenvalue weighted by Gasteiger charge is -2.34. The first-order valence-corrected chi connectivity index (χ1v) is 10.6. The second-order valence-electron chi connectivity index (χ2n) is 8.36. The molecule has 2 heterocycles. The monoisotopic (exact) mass is 401 g/mol. The number of ether oxygens (including phenoxy) is 2. The molecule has 1 atom stereocenters. The number of nitrogens with zero attached hydrogens (tertiary/aromatic N) is 2. The highest BCUT2D eigenvalue weighted by Gasteiger charge is 2.39. The third-order valence-electron chi connectivity index (χ3n) is 6.40. The van der Waals surface area contributed by atoms with Crippen LogP contribution in [0.2, 0.25) is 0 Å². The molecule has 1 fully saturated rings. The van der Waals surface area contributed by atoms with Crippen molar-refractivity contribution in [3.63, 3.8) is 0 Å². The minimum Gasteiger partial charge on any atom is -0.454 e. The highest BCUT2D eigenvalue weighted by molar-refractivity contribution is 5.95. The Morgan fingerprint density at radius 3 is 2.60 bits per heavy atom. The summed E-state index contributed by atoms with van der Waals surface area (Å²) in [6.45, 7) is 0.269. The molecule has 1 unspecified atom stereocenters. The molecule has 6 nitrogen and oxygen atoms in total. The van der Waals surface area contributed by atoms with Gasteiger partial charge in [-0.25, -0.2) is 0 Å². The highest BCUT2D eigenvalue weighted by atomic mass is 16.7. The van der Waals surface area contributed by atoms with Crippen LogP contribution in [0.5, 0.6) is 11.5 Å². The van der Waals surface area contributed by atoms with Gasteiger partial charge >= 0.3 is 0 Å². The molecule has 1 aliphatic heterocycles. The summed E-state index contributed by atoms with van der Waals surface area (Å²) in [5.41, 5.74) is 5.34. The second kappa shape index (κ2) is 6.90. The first-order chi connectivity index (χ1) is 14.8. The van der Waals surface area contributed by atoms with E-state index in [1.165, 1.54) is 11.3 Å². The van der Waals surface area contributed by atoms with Crippen LogP contribution in [0.15, 0.2) is 48.7 Å². The molecule has 152 valence electrons. The van der Waals surface area contributed by atoms with Crippen LogP contribution in [0.25, 0.3) is 11.1 Å². The second-order valence-corrected chi connectivity index (χ2v) is 8.36. The van der Waals surface area contributed by atoms with E-state index < -0.39 is 0 Å². The molecule has 1 saturated carbocycles. The molecule has 0 saturated heterocycles. The number of carbonyl (C=O) groups excluding carboxylic acids is 1. The van der Waals surface area contributed by atoms with Crippen LogP contribution < -0.4 is 9.47 Å². The number of hydrogen-bond acceptors (Lipinski definition) is 4. The fourth-order valence-corrected chi connectivity index (χ4v) is 4.65. The van der Waals surface area contributed by atoms with E-state index in [0.717, 1.165) is 60.3 Å². The molecule has 6 heteroatoms. The average molecular weight is 401 g/mol. The van der Waals surface area contributed by atoms with E-state index in [4.69, 9.17) is 9.47 Å². The zero-order chi connectivity index (χ0) is 20.1. The normalized spacial score (nSPS) is 19.4. The van der Waals surface area contributed by atoms with E-state index >= 15 is 0 Å². The average Bonchev–Trinajstić information content (AvgIpc) is 3.31. The summed E-state index contributed by atoms with van der Waals surface area (Å²) in [5, 5.41) is 7.27. The van der Waals surface area contributed by atoms with Gasteiger partial charge in [-0.2, -0.15) is 5.10 Å². The maximum atomic E-state index is 13.4. The van der Waals surface area contributed by atoms with Gasteiger partial charge in [-0.15, -0.1) is 0 Å². The number of aromatic nitrogens is 2. The predicted octanol–water partition coefficient (Wildman–Crippen LogP) is 3.97. The van der Waals surface area contributed by atoms with Crippen LogP contribution >= 0.6 is 0 Å². The van der Waals surface area contributed by atoms with Gasteiger partial charge in [0.25, 0.3) is 5.91 Å². The zero-order valence-corrected chi connectivity index (χ0v) is 16.6. The molecule has 30 heavy (non-hydrogen) atoms. The van der Waals surface area contributed by atoms with Gasteiger partial charge in [0.2, 0.25) is 6.79 Å². The lowest BCUT2D eigenvalue weighted by atomic mass is 9.91. The Hall–Kier alpha value is -3.28. The number of aromatic amines is 1. The predicted molar refractivity (Wildman–Crippen MR) is 112 cm³/mol. The lowest BCUT2D eigenvalue weighted by Crippen LogP contribution is -2.44. The molecule has 0 bridgehead atoms.